The second-order valence-corrected chi connectivity index (χ2v) is 7.69. The van der Waals surface area contributed by atoms with E-state index >= 15 is 0 Å². The van der Waals surface area contributed by atoms with Gasteiger partial charge in [0.15, 0.2) is 0 Å². The lowest BCUT2D eigenvalue weighted by atomic mass is 10.0. The summed E-state index contributed by atoms with van der Waals surface area (Å²) >= 11 is 0. The van der Waals surface area contributed by atoms with Crippen molar-refractivity contribution in [2.24, 2.45) is 7.05 Å². The quantitative estimate of drug-likeness (QED) is 0.795. The number of pyridine rings is 1. The number of benzene rings is 1. The number of sulfonamides is 1. The third kappa shape index (κ3) is 2.47. The summed E-state index contributed by atoms with van der Waals surface area (Å²) in [6.07, 6.45) is 3.43. The minimum atomic E-state index is -3.51. The van der Waals surface area contributed by atoms with E-state index in [1.54, 1.807) is 37.6 Å². The maximum absolute atomic E-state index is 12.3. The summed E-state index contributed by atoms with van der Waals surface area (Å²) in [4.78, 5) is 15.3. The van der Waals surface area contributed by atoms with Crippen LogP contribution in [0, 0.1) is 0 Å². The van der Waals surface area contributed by atoms with Crippen LogP contribution in [-0.2, 0) is 17.1 Å². The van der Waals surface area contributed by atoms with E-state index in [-0.39, 0.29) is 10.5 Å². The zero-order valence-electron chi connectivity index (χ0n) is 13.1. The van der Waals surface area contributed by atoms with Crippen LogP contribution in [0.1, 0.15) is 0 Å². The summed E-state index contributed by atoms with van der Waals surface area (Å²) in [6.45, 7) is 0. The molecule has 1 aromatic carbocycles. The van der Waals surface area contributed by atoms with Gasteiger partial charge >= 0.3 is 0 Å². The normalized spacial score (nSPS) is 12.2. The van der Waals surface area contributed by atoms with Gasteiger partial charge < -0.3 is 9.55 Å². The fraction of sp³-hybridized carbons (Fsp3) is 0.188. The van der Waals surface area contributed by atoms with E-state index in [1.165, 1.54) is 23.0 Å². The Labute approximate surface area is 134 Å². The maximum Gasteiger partial charge on any atom is 0.274 e. The fourth-order valence-corrected chi connectivity index (χ4v) is 3.48. The van der Waals surface area contributed by atoms with Gasteiger partial charge in [-0.2, -0.15) is 0 Å². The number of hydrogen-bond acceptors (Lipinski definition) is 3. The molecule has 0 amide bonds. The Morgan fingerprint density at radius 1 is 1.17 bits per heavy atom. The highest BCUT2D eigenvalue weighted by Gasteiger charge is 2.18. The summed E-state index contributed by atoms with van der Waals surface area (Å²) in [5.41, 5.74) is 1.93. The van der Waals surface area contributed by atoms with Gasteiger partial charge in [-0.05, 0) is 23.8 Å². The van der Waals surface area contributed by atoms with Gasteiger partial charge in [0, 0.05) is 44.5 Å². The van der Waals surface area contributed by atoms with Gasteiger partial charge in [-0.3, -0.25) is 4.79 Å². The molecule has 3 rings (SSSR count). The lowest BCUT2D eigenvalue weighted by Crippen LogP contribution is -2.22. The molecule has 0 bridgehead atoms. The standard InChI is InChI=1S/C16H17N3O3S/c1-18(2)23(21,22)12-6-4-5-11(9-12)14-10-19(3)16(20)15-13(14)7-8-17-15/h4-10,17H,1-3H3. The van der Waals surface area contributed by atoms with Crippen LogP contribution in [0.4, 0.5) is 0 Å². The summed E-state index contributed by atoms with van der Waals surface area (Å²) in [7, 11) is 1.16. The minimum absolute atomic E-state index is 0.120. The third-order valence-electron chi connectivity index (χ3n) is 3.82. The van der Waals surface area contributed by atoms with Crippen molar-refractivity contribution in [2.75, 3.05) is 14.1 Å². The van der Waals surface area contributed by atoms with Crippen LogP contribution < -0.4 is 5.56 Å². The first-order valence-electron chi connectivity index (χ1n) is 7.02. The van der Waals surface area contributed by atoms with Gasteiger partial charge in [0.05, 0.1) is 4.90 Å². The Bertz CT molecular complexity index is 1050. The molecule has 2 heterocycles. The lowest BCUT2D eigenvalue weighted by molar-refractivity contribution is 0.521. The number of nitrogens with zero attached hydrogens (tertiary/aromatic N) is 2. The number of aromatic nitrogens is 2. The van der Waals surface area contributed by atoms with Gasteiger partial charge in [0.1, 0.15) is 5.52 Å². The molecule has 3 aromatic rings. The third-order valence-corrected chi connectivity index (χ3v) is 5.63. The van der Waals surface area contributed by atoms with Crippen LogP contribution in [0.5, 0.6) is 0 Å². The molecule has 0 radical (unpaired) electrons. The Morgan fingerprint density at radius 2 is 1.91 bits per heavy atom. The summed E-state index contributed by atoms with van der Waals surface area (Å²) in [5, 5.41) is 0.771. The lowest BCUT2D eigenvalue weighted by Gasteiger charge is -2.13. The van der Waals surface area contributed by atoms with Crippen LogP contribution in [0.15, 0.2) is 52.4 Å². The predicted octanol–water partition coefficient (Wildman–Crippen LogP) is 1.78. The van der Waals surface area contributed by atoms with Gasteiger partial charge in [0.2, 0.25) is 10.0 Å². The number of aromatic amines is 1. The van der Waals surface area contributed by atoms with Gasteiger partial charge in [-0.1, -0.05) is 12.1 Å². The van der Waals surface area contributed by atoms with Gasteiger partial charge in [-0.15, -0.1) is 0 Å². The predicted molar refractivity (Wildman–Crippen MR) is 89.8 cm³/mol. The average molecular weight is 331 g/mol. The largest absolute Gasteiger partial charge is 0.357 e. The number of fused-ring (bicyclic) bond motifs is 1. The van der Waals surface area contributed by atoms with Crippen molar-refractivity contribution in [3.63, 3.8) is 0 Å². The van der Waals surface area contributed by atoms with Crippen molar-refractivity contribution < 1.29 is 8.42 Å². The molecule has 0 fully saturated rings. The summed E-state index contributed by atoms with van der Waals surface area (Å²) < 4.78 is 27.3. The molecule has 0 atom stereocenters. The Kier molecular flexibility index (Phi) is 3.62. The highest BCUT2D eigenvalue weighted by molar-refractivity contribution is 7.89. The van der Waals surface area contributed by atoms with Gasteiger partial charge in [-0.25, -0.2) is 12.7 Å². The second kappa shape index (κ2) is 5.36. The first-order chi connectivity index (χ1) is 10.8. The SMILES string of the molecule is CN(C)S(=O)(=O)c1cccc(-c2cn(C)c(=O)c3[nH]ccc23)c1. The molecule has 0 unspecified atom stereocenters. The molecule has 1 N–H and O–H groups in total. The minimum Gasteiger partial charge on any atom is -0.357 e. The number of H-pyrrole nitrogens is 1. The van der Waals surface area contributed by atoms with E-state index in [2.05, 4.69) is 4.98 Å². The van der Waals surface area contributed by atoms with E-state index in [0.29, 0.717) is 5.52 Å². The van der Waals surface area contributed by atoms with E-state index < -0.39 is 10.0 Å². The molecular formula is C16H17N3O3S. The second-order valence-electron chi connectivity index (χ2n) is 5.54. The molecule has 2 aromatic heterocycles. The van der Waals surface area contributed by atoms with E-state index in [1.807, 2.05) is 12.1 Å². The highest BCUT2D eigenvalue weighted by atomic mass is 32.2. The van der Waals surface area contributed by atoms with Crippen molar-refractivity contribution >= 4 is 20.9 Å². The van der Waals surface area contributed by atoms with Crippen molar-refractivity contribution in [3.8, 4) is 11.1 Å². The maximum atomic E-state index is 12.3. The Balaban J connectivity index is 2.27. The Morgan fingerprint density at radius 3 is 2.61 bits per heavy atom. The van der Waals surface area contributed by atoms with Crippen molar-refractivity contribution in [1.29, 1.82) is 0 Å². The first-order valence-corrected chi connectivity index (χ1v) is 8.46. The molecular weight excluding hydrogens is 314 g/mol. The topological polar surface area (TPSA) is 75.2 Å². The number of aryl methyl sites for hydroxylation is 1. The van der Waals surface area contributed by atoms with Crippen LogP contribution in [0.2, 0.25) is 0 Å². The summed E-state index contributed by atoms with van der Waals surface area (Å²) in [6, 6.07) is 8.55. The van der Waals surface area contributed by atoms with E-state index in [4.69, 9.17) is 0 Å². The zero-order chi connectivity index (χ0) is 16.8. The van der Waals surface area contributed by atoms with Gasteiger partial charge in [0.25, 0.3) is 5.56 Å². The van der Waals surface area contributed by atoms with Crippen LogP contribution >= 0.6 is 0 Å². The molecule has 120 valence electrons. The van der Waals surface area contributed by atoms with Crippen molar-refractivity contribution in [1.82, 2.24) is 13.9 Å². The van der Waals surface area contributed by atoms with Crippen molar-refractivity contribution in [3.05, 3.63) is 53.1 Å². The monoisotopic (exact) mass is 331 g/mol. The molecule has 0 saturated carbocycles. The number of nitrogens with one attached hydrogen (secondary N) is 1. The first kappa shape index (κ1) is 15.5. The summed E-state index contributed by atoms with van der Waals surface area (Å²) in [5.74, 6) is 0. The highest BCUT2D eigenvalue weighted by Crippen LogP contribution is 2.28. The molecule has 6 nitrogen and oxygen atoms in total. The Hall–Kier alpha value is -2.38. The van der Waals surface area contributed by atoms with Crippen LogP contribution in [0.3, 0.4) is 0 Å². The van der Waals surface area contributed by atoms with E-state index in [9.17, 15) is 13.2 Å². The molecule has 0 aliphatic heterocycles. The zero-order valence-corrected chi connectivity index (χ0v) is 13.9. The smallest absolute Gasteiger partial charge is 0.274 e. The molecule has 0 aliphatic rings. The number of rotatable bonds is 3. The molecule has 0 aliphatic carbocycles. The van der Waals surface area contributed by atoms with Crippen LogP contribution in [0.25, 0.3) is 22.0 Å². The van der Waals surface area contributed by atoms with E-state index in [0.717, 1.165) is 16.5 Å². The molecule has 7 heteroatoms. The average Bonchev–Trinajstić information content (AvgIpc) is 3.00. The molecule has 0 spiro atoms. The molecule has 0 saturated heterocycles. The number of hydrogen-bond donors (Lipinski definition) is 1. The van der Waals surface area contributed by atoms with Crippen molar-refractivity contribution in [2.45, 2.75) is 4.90 Å². The van der Waals surface area contributed by atoms with Crippen LogP contribution in [-0.4, -0.2) is 36.4 Å². The fourth-order valence-electron chi connectivity index (χ4n) is 2.53. The molecule has 23 heavy (non-hydrogen) atoms.